The van der Waals surface area contributed by atoms with Crippen LogP contribution < -0.4 is 10.4 Å². The van der Waals surface area contributed by atoms with E-state index in [1.54, 1.807) is 42.5 Å². The molecule has 126 valence electrons. The van der Waals surface area contributed by atoms with Crippen molar-refractivity contribution >= 4 is 28.2 Å². The maximum atomic E-state index is 13.0. The molecular formula is C18H14ClN3O3. The van der Waals surface area contributed by atoms with Crippen LogP contribution in [0.15, 0.2) is 53.3 Å². The zero-order valence-corrected chi connectivity index (χ0v) is 14.1. The number of hydrogen-bond donors (Lipinski definition) is 1. The number of fused-ring (bicyclic) bond motifs is 3. The van der Waals surface area contributed by atoms with Crippen LogP contribution in [-0.4, -0.2) is 25.7 Å². The molecule has 0 atom stereocenters. The van der Waals surface area contributed by atoms with Crippen LogP contribution in [-0.2, 0) is 0 Å². The van der Waals surface area contributed by atoms with Gasteiger partial charge < -0.3 is 9.84 Å². The number of benzene rings is 2. The predicted molar refractivity (Wildman–Crippen MR) is 96.1 cm³/mol. The Morgan fingerprint density at radius 2 is 1.88 bits per heavy atom. The van der Waals surface area contributed by atoms with E-state index in [0.29, 0.717) is 29.1 Å². The molecule has 0 bridgehead atoms. The number of nitrogens with zero attached hydrogens (tertiary/aromatic N) is 3. The van der Waals surface area contributed by atoms with E-state index in [4.69, 9.17) is 16.3 Å². The van der Waals surface area contributed by atoms with Gasteiger partial charge in [-0.25, -0.2) is 14.3 Å². The van der Waals surface area contributed by atoms with Crippen molar-refractivity contribution in [2.24, 2.45) is 0 Å². The van der Waals surface area contributed by atoms with Gasteiger partial charge in [-0.05, 0) is 43.3 Å². The quantitative estimate of drug-likeness (QED) is 0.611. The largest absolute Gasteiger partial charge is 0.494 e. The molecule has 0 amide bonds. The lowest BCUT2D eigenvalue weighted by atomic mass is 10.3. The van der Waals surface area contributed by atoms with Crippen LogP contribution in [0.1, 0.15) is 6.92 Å². The Hall–Kier alpha value is -2.99. The van der Waals surface area contributed by atoms with Gasteiger partial charge >= 0.3 is 5.69 Å². The Kier molecular flexibility index (Phi) is 3.62. The van der Waals surface area contributed by atoms with Crippen molar-refractivity contribution in [1.82, 2.24) is 14.0 Å². The van der Waals surface area contributed by atoms with Crippen molar-refractivity contribution in [2.75, 3.05) is 6.61 Å². The van der Waals surface area contributed by atoms with Crippen molar-refractivity contribution < 1.29 is 9.84 Å². The van der Waals surface area contributed by atoms with Gasteiger partial charge in [-0.1, -0.05) is 23.7 Å². The zero-order valence-electron chi connectivity index (χ0n) is 13.3. The van der Waals surface area contributed by atoms with E-state index >= 15 is 0 Å². The van der Waals surface area contributed by atoms with Crippen molar-refractivity contribution in [3.63, 3.8) is 0 Å². The number of aromatic nitrogens is 3. The molecule has 2 aromatic carbocycles. The highest BCUT2D eigenvalue weighted by atomic mass is 35.5. The minimum atomic E-state index is -0.419. The molecule has 0 spiro atoms. The lowest BCUT2D eigenvalue weighted by Crippen LogP contribution is -2.19. The Balaban J connectivity index is 2.04. The molecule has 0 aliphatic heterocycles. The van der Waals surface area contributed by atoms with Gasteiger partial charge in [0, 0.05) is 0 Å². The number of rotatable bonds is 3. The molecule has 7 heteroatoms. The smallest absolute Gasteiger partial charge is 0.340 e. The number of imidazole rings is 1. The van der Waals surface area contributed by atoms with Gasteiger partial charge in [-0.3, -0.25) is 4.40 Å². The second-order valence-corrected chi connectivity index (χ2v) is 5.80. The normalized spacial score (nSPS) is 11.3. The van der Waals surface area contributed by atoms with E-state index < -0.39 is 5.69 Å². The molecule has 4 aromatic rings. The van der Waals surface area contributed by atoms with Gasteiger partial charge in [0.25, 0.3) is 0 Å². The summed E-state index contributed by atoms with van der Waals surface area (Å²) in [4.78, 5) is 17.2. The first kappa shape index (κ1) is 15.5. The summed E-state index contributed by atoms with van der Waals surface area (Å²) in [5.41, 5.74) is 1.42. The first-order valence-corrected chi connectivity index (χ1v) is 8.13. The zero-order chi connectivity index (χ0) is 17.6. The Morgan fingerprint density at radius 1 is 1.16 bits per heavy atom. The standard InChI is InChI=1S/C18H14ClN3O3/c1-2-25-12-9-7-11(8-10-12)21-17(23)15-16(19)20-13-5-3-4-6-14(13)22(15)18(21)24/h3-10,23H,2H2,1H3. The highest BCUT2D eigenvalue weighted by Crippen LogP contribution is 2.30. The summed E-state index contributed by atoms with van der Waals surface area (Å²) in [6, 6.07) is 14.0. The fourth-order valence-corrected chi connectivity index (χ4v) is 3.16. The molecule has 0 aliphatic carbocycles. The van der Waals surface area contributed by atoms with Crippen LogP contribution in [0.3, 0.4) is 0 Å². The molecule has 0 fully saturated rings. The molecule has 4 rings (SSSR count). The molecule has 25 heavy (non-hydrogen) atoms. The van der Waals surface area contributed by atoms with Crippen molar-refractivity contribution in [1.29, 1.82) is 0 Å². The van der Waals surface area contributed by atoms with Crippen LogP contribution in [0.5, 0.6) is 11.6 Å². The third-order valence-electron chi connectivity index (χ3n) is 3.97. The van der Waals surface area contributed by atoms with Crippen molar-refractivity contribution in [3.8, 4) is 17.3 Å². The van der Waals surface area contributed by atoms with Gasteiger partial charge in [0.1, 0.15) is 11.3 Å². The Labute approximate surface area is 147 Å². The van der Waals surface area contributed by atoms with Gasteiger partial charge in [0.05, 0.1) is 23.3 Å². The molecule has 0 radical (unpaired) electrons. The minimum Gasteiger partial charge on any atom is -0.494 e. The van der Waals surface area contributed by atoms with Crippen LogP contribution >= 0.6 is 11.6 Å². The highest BCUT2D eigenvalue weighted by molar-refractivity contribution is 6.33. The molecule has 2 aromatic heterocycles. The van der Waals surface area contributed by atoms with Gasteiger partial charge in [0.2, 0.25) is 5.88 Å². The molecule has 0 saturated heterocycles. The molecule has 1 N–H and O–H groups in total. The molecular weight excluding hydrogens is 342 g/mol. The second kappa shape index (κ2) is 5.82. The number of aromatic hydroxyl groups is 1. The van der Waals surface area contributed by atoms with E-state index in [2.05, 4.69) is 4.98 Å². The first-order chi connectivity index (χ1) is 12.1. The van der Waals surface area contributed by atoms with Gasteiger partial charge in [-0.15, -0.1) is 0 Å². The Morgan fingerprint density at radius 3 is 2.60 bits per heavy atom. The number of para-hydroxylation sites is 2. The van der Waals surface area contributed by atoms with Crippen molar-refractivity contribution in [3.05, 3.63) is 64.2 Å². The van der Waals surface area contributed by atoms with Gasteiger partial charge in [-0.2, -0.15) is 0 Å². The predicted octanol–water partition coefficient (Wildman–Crippen LogP) is 3.40. The van der Waals surface area contributed by atoms with Gasteiger partial charge in [0.15, 0.2) is 5.15 Å². The highest BCUT2D eigenvalue weighted by Gasteiger charge is 2.20. The van der Waals surface area contributed by atoms with E-state index in [1.165, 1.54) is 8.97 Å². The summed E-state index contributed by atoms with van der Waals surface area (Å²) >= 11 is 6.22. The van der Waals surface area contributed by atoms with E-state index in [-0.39, 0.29) is 16.5 Å². The average Bonchev–Trinajstić information content (AvgIpc) is 2.88. The first-order valence-electron chi connectivity index (χ1n) is 7.75. The van der Waals surface area contributed by atoms with Crippen LogP contribution in [0.2, 0.25) is 5.15 Å². The summed E-state index contributed by atoms with van der Waals surface area (Å²) in [7, 11) is 0. The average molecular weight is 356 g/mol. The van der Waals surface area contributed by atoms with Crippen molar-refractivity contribution in [2.45, 2.75) is 6.92 Å². The molecule has 6 nitrogen and oxygen atoms in total. The minimum absolute atomic E-state index is 0.0676. The monoisotopic (exact) mass is 355 g/mol. The molecule has 0 saturated carbocycles. The van der Waals surface area contributed by atoms with Crippen LogP contribution in [0, 0.1) is 0 Å². The molecule has 0 unspecified atom stereocenters. The number of ether oxygens (including phenoxy) is 1. The summed E-state index contributed by atoms with van der Waals surface area (Å²) in [5, 5.41) is 10.7. The summed E-state index contributed by atoms with van der Waals surface area (Å²) in [6.45, 7) is 2.44. The SMILES string of the molecule is CCOc1ccc(-n2c(O)c3c(Cl)nc4ccccc4n3c2=O)cc1. The van der Waals surface area contributed by atoms with E-state index in [9.17, 15) is 9.90 Å². The maximum absolute atomic E-state index is 13.0. The maximum Gasteiger partial charge on any atom is 0.340 e. The number of hydrogen-bond acceptors (Lipinski definition) is 4. The third kappa shape index (κ3) is 2.34. The topological polar surface area (TPSA) is 68.8 Å². The van der Waals surface area contributed by atoms with Crippen LogP contribution in [0.25, 0.3) is 22.2 Å². The summed E-state index contributed by atoms with van der Waals surface area (Å²) in [5.74, 6) is 0.435. The van der Waals surface area contributed by atoms with E-state index in [0.717, 1.165) is 0 Å². The molecule has 2 heterocycles. The fraction of sp³-hybridized carbons (Fsp3) is 0.111. The van der Waals surface area contributed by atoms with Crippen LogP contribution in [0.4, 0.5) is 0 Å². The summed E-state index contributed by atoms with van der Waals surface area (Å²) < 4.78 is 7.98. The summed E-state index contributed by atoms with van der Waals surface area (Å²) in [6.07, 6.45) is 0. The fourth-order valence-electron chi connectivity index (χ4n) is 2.90. The lowest BCUT2D eigenvalue weighted by molar-refractivity contribution is 0.340. The second-order valence-electron chi connectivity index (χ2n) is 5.44. The molecule has 0 aliphatic rings. The van der Waals surface area contributed by atoms with E-state index in [1.807, 2.05) is 13.0 Å². The third-order valence-corrected chi connectivity index (χ3v) is 4.24. The lowest BCUT2D eigenvalue weighted by Gasteiger charge is -2.05. The Bertz CT molecular complexity index is 1150. The number of halogens is 1.